The number of rotatable bonds is 3. The zero-order valence-electron chi connectivity index (χ0n) is 6.76. The van der Waals surface area contributed by atoms with E-state index in [2.05, 4.69) is 0 Å². The number of halogens is 2. The normalized spacial score (nSPS) is 10.0. The van der Waals surface area contributed by atoms with Gasteiger partial charge in [0, 0.05) is 15.9 Å². The van der Waals surface area contributed by atoms with Crippen molar-refractivity contribution in [2.75, 3.05) is 5.88 Å². The Hall–Kier alpha value is -0.290. The van der Waals surface area contributed by atoms with Crippen LogP contribution in [0.1, 0.15) is 16.8 Å². The van der Waals surface area contributed by atoms with E-state index < -0.39 is 0 Å². The van der Waals surface area contributed by atoms with Gasteiger partial charge in [-0.15, -0.1) is 11.6 Å². The zero-order chi connectivity index (χ0) is 9.84. The molecular weight excluding hydrogens is 302 g/mol. The van der Waals surface area contributed by atoms with Crippen LogP contribution >= 0.6 is 34.2 Å². The zero-order valence-corrected chi connectivity index (χ0v) is 9.67. The fourth-order valence-electron chi connectivity index (χ4n) is 1.000. The van der Waals surface area contributed by atoms with E-state index in [-0.39, 0.29) is 23.8 Å². The topological polar surface area (TPSA) is 37.3 Å². The van der Waals surface area contributed by atoms with Gasteiger partial charge in [-0.3, -0.25) is 4.79 Å². The minimum Gasteiger partial charge on any atom is -0.507 e. The van der Waals surface area contributed by atoms with Gasteiger partial charge in [-0.2, -0.15) is 0 Å². The first kappa shape index (κ1) is 10.8. The number of carbonyl (C=O) groups is 1. The summed E-state index contributed by atoms with van der Waals surface area (Å²) in [5.41, 5.74) is 0.378. The van der Waals surface area contributed by atoms with Crippen molar-refractivity contribution in [2.24, 2.45) is 0 Å². The van der Waals surface area contributed by atoms with Gasteiger partial charge in [-0.1, -0.05) is 6.07 Å². The number of phenols is 1. The van der Waals surface area contributed by atoms with Crippen LogP contribution in [0.5, 0.6) is 5.75 Å². The van der Waals surface area contributed by atoms with Crippen LogP contribution < -0.4 is 0 Å². The van der Waals surface area contributed by atoms with E-state index in [9.17, 15) is 9.90 Å². The monoisotopic (exact) mass is 310 g/mol. The smallest absolute Gasteiger partial charge is 0.168 e. The van der Waals surface area contributed by atoms with E-state index in [0.717, 1.165) is 3.57 Å². The highest BCUT2D eigenvalue weighted by Crippen LogP contribution is 2.23. The van der Waals surface area contributed by atoms with Gasteiger partial charge in [0.2, 0.25) is 0 Å². The summed E-state index contributed by atoms with van der Waals surface area (Å²) in [6.45, 7) is 0. The third-order valence-electron chi connectivity index (χ3n) is 1.59. The Balaban J connectivity index is 3.05. The fourth-order valence-corrected chi connectivity index (χ4v) is 1.96. The molecule has 0 saturated carbocycles. The summed E-state index contributed by atoms with van der Waals surface area (Å²) in [7, 11) is 0. The summed E-state index contributed by atoms with van der Waals surface area (Å²) in [6, 6.07) is 4.99. The van der Waals surface area contributed by atoms with Crippen molar-refractivity contribution in [3.63, 3.8) is 0 Å². The molecule has 0 unspecified atom stereocenters. The van der Waals surface area contributed by atoms with E-state index in [4.69, 9.17) is 11.6 Å². The molecule has 2 nitrogen and oxygen atoms in total. The molecule has 0 saturated heterocycles. The van der Waals surface area contributed by atoms with Gasteiger partial charge >= 0.3 is 0 Å². The quantitative estimate of drug-likeness (QED) is 0.529. The molecule has 0 amide bonds. The van der Waals surface area contributed by atoms with Gasteiger partial charge in [-0.25, -0.2) is 0 Å². The molecule has 0 radical (unpaired) electrons. The fraction of sp³-hybridized carbons (Fsp3) is 0.222. The second kappa shape index (κ2) is 4.81. The summed E-state index contributed by atoms with van der Waals surface area (Å²) >= 11 is 7.46. The third kappa shape index (κ3) is 2.57. The Bertz CT molecular complexity index is 305. The standard InChI is InChI=1S/C9H8ClIO2/c10-5-4-8(13)9-6(11)2-1-3-7(9)12/h1-3,12H,4-5H2. The summed E-state index contributed by atoms with van der Waals surface area (Å²) in [6.07, 6.45) is 0.259. The second-order valence-electron chi connectivity index (χ2n) is 2.50. The number of Topliss-reactive ketones (excluding diaryl/α,β-unsaturated/α-hetero) is 1. The summed E-state index contributed by atoms with van der Waals surface area (Å²) in [5.74, 6) is 0.197. The molecule has 0 aliphatic heterocycles. The highest BCUT2D eigenvalue weighted by Gasteiger charge is 2.13. The van der Waals surface area contributed by atoms with Gasteiger partial charge < -0.3 is 5.11 Å². The lowest BCUT2D eigenvalue weighted by molar-refractivity contribution is 0.0986. The lowest BCUT2D eigenvalue weighted by Gasteiger charge is -2.04. The molecule has 70 valence electrons. The maximum atomic E-state index is 11.4. The van der Waals surface area contributed by atoms with Crippen LogP contribution in [0.4, 0.5) is 0 Å². The van der Waals surface area contributed by atoms with Gasteiger partial charge in [-0.05, 0) is 34.7 Å². The van der Waals surface area contributed by atoms with Crippen molar-refractivity contribution in [3.8, 4) is 5.75 Å². The number of phenolic OH excluding ortho intramolecular Hbond substituents is 1. The predicted molar refractivity (Wildman–Crippen MR) is 60.5 cm³/mol. The average molecular weight is 311 g/mol. The van der Waals surface area contributed by atoms with E-state index >= 15 is 0 Å². The van der Waals surface area contributed by atoms with E-state index in [1.165, 1.54) is 6.07 Å². The van der Waals surface area contributed by atoms with Crippen molar-refractivity contribution < 1.29 is 9.90 Å². The van der Waals surface area contributed by atoms with Crippen LogP contribution in [0.3, 0.4) is 0 Å². The largest absolute Gasteiger partial charge is 0.507 e. The number of ketones is 1. The maximum Gasteiger partial charge on any atom is 0.168 e. The lowest BCUT2D eigenvalue weighted by Crippen LogP contribution is -2.02. The van der Waals surface area contributed by atoms with Crippen molar-refractivity contribution in [1.29, 1.82) is 0 Å². The Labute approximate surface area is 95.0 Å². The molecule has 0 aromatic heterocycles. The number of hydrogen-bond donors (Lipinski definition) is 1. The summed E-state index contributed by atoms with van der Waals surface area (Å²) in [4.78, 5) is 11.4. The molecule has 1 N–H and O–H groups in total. The maximum absolute atomic E-state index is 11.4. The molecule has 0 fully saturated rings. The number of benzene rings is 1. The van der Waals surface area contributed by atoms with Gasteiger partial charge in [0.15, 0.2) is 5.78 Å². The number of hydrogen-bond acceptors (Lipinski definition) is 2. The molecule has 0 spiro atoms. The van der Waals surface area contributed by atoms with Gasteiger partial charge in [0.05, 0.1) is 5.56 Å². The number of alkyl halides is 1. The third-order valence-corrected chi connectivity index (χ3v) is 2.68. The van der Waals surface area contributed by atoms with Crippen LogP contribution in [0, 0.1) is 3.57 Å². The lowest BCUT2D eigenvalue weighted by atomic mass is 10.1. The van der Waals surface area contributed by atoms with Crippen LogP contribution in [0.15, 0.2) is 18.2 Å². The number of aromatic hydroxyl groups is 1. The molecule has 1 aromatic rings. The molecule has 0 heterocycles. The van der Waals surface area contributed by atoms with Crippen LogP contribution in [-0.4, -0.2) is 16.8 Å². The Morgan fingerprint density at radius 2 is 2.23 bits per heavy atom. The van der Waals surface area contributed by atoms with Crippen LogP contribution in [-0.2, 0) is 0 Å². The number of carbonyl (C=O) groups excluding carboxylic acids is 1. The molecule has 0 atom stereocenters. The van der Waals surface area contributed by atoms with Gasteiger partial charge in [0.1, 0.15) is 5.75 Å². The van der Waals surface area contributed by atoms with Crippen LogP contribution in [0.2, 0.25) is 0 Å². The van der Waals surface area contributed by atoms with Crippen molar-refractivity contribution in [3.05, 3.63) is 27.3 Å². The first-order valence-electron chi connectivity index (χ1n) is 3.73. The highest BCUT2D eigenvalue weighted by molar-refractivity contribution is 14.1. The molecule has 1 aromatic carbocycles. The molecule has 0 aliphatic rings. The minimum atomic E-state index is -0.113. The molecule has 0 bridgehead atoms. The SMILES string of the molecule is O=C(CCCl)c1c(O)cccc1I. The van der Waals surface area contributed by atoms with E-state index in [1.54, 1.807) is 12.1 Å². The van der Waals surface area contributed by atoms with Crippen molar-refractivity contribution in [1.82, 2.24) is 0 Å². The minimum absolute atomic E-state index is 0.0296. The Kier molecular flexibility index (Phi) is 3.99. The highest BCUT2D eigenvalue weighted by atomic mass is 127. The second-order valence-corrected chi connectivity index (χ2v) is 4.04. The molecule has 13 heavy (non-hydrogen) atoms. The molecule has 4 heteroatoms. The van der Waals surface area contributed by atoms with Gasteiger partial charge in [0.25, 0.3) is 0 Å². The predicted octanol–water partition coefficient (Wildman–Crippen LogP) is 2.81. The first-order valence-corrected chi connectivity index (χ1v) is 5.34. The molecule has 0 aliphatic carbocycles. The Morgan fingerprint density at radius 3 is 2.77 bits per heavy atom. The average Bonchev–Trinajstić information content (AvgIpc) is 2.04. The van der Waals surface area contributed by atoms with Crippen molar-refractivity contribution in [2.45, 2.75) is 6.42 Å². The Morgan fingerprint density at radius 1 is 1.54 bits per heavy atom. The van der Waals surface area contributed by atoms with Crippen molar-refractivity contribution >= 4 is 40.0 Å². The molecule has 1 rings (SSSR count). The summed E-state index contributed by atoms with van der Waals surface area (Å²) in [5, 5.41) is 9.42. The molecular formula is C9H8ClIO2. The van der Waals surface area contributed by atoms with Crippen LogP contribution in [0.25, 0.3) is 0 Å². The van der Waals surface area contributed by atoms with E-state index in [0.29, 0.717) is 5.56 Å². The first-order chi connectivity index (χ1) is 6.16. The summed E-state index contributed by atoms with van der Waals surface area (Å²) < 4.78 is 0.757. The van der Waals surface area contributed by atoms with E-state index in [1.807, 2.05) is 22.6 Å².